The SMILES string of the molecule is Cc1ccc(/C=C\C(=O)Nc2ccc3c(c2)OCO3)o1. The third-order valence-electron chi connectivity index (χ3n) is 2.80. The van der Waals surface area contributed by atoms with Crippen LogP contribution in [-0.4, -0.2) is 12.7 Å². The summed E-state index contributed by atoms with van der Waals surface area (Å²) in [5.74, 6) is 2.53. The first-order valence-electron chi connectivity index (χ1n) is 6.16. The maximum absolute atomic E-state index is 11.8. The van der Waals surface area contributed by atoms with E-state index in [4.69, 9.17) is 13.9 Å². The summed E-state index contributed by atoms with van der Waals surface area (Å²) in [5.41, 5.74) is 0.652. The molecule has 1 aromatic heterocycles. The molecule has 3 rings (SSSR count). The highest BCUT2D eigenvalue weighted by atomic mass is 16.7. The van der Waals surface area contributed by atoms with E-state index in [1.54, 1.807) is 30.3 Å². The molecule has 5 nitrogen and oxygen atoms in total. The molecule has 0 unspecified atom stereocenters. The van der Waals surface area contributed by atoms with E-state index >= 15 is 0 Å². The number of aryl methyl sites for hydroxylation is 1. The predicted octanol–water partition coefficient (Wildman–Crippen LogP) is 2.97. The molecule has 0 aliphatic carbocycles. The summed E-state index contributed by atoms with van der Waals surface area (Å²) in [6.07, 6.45) is 3.04. The Bertz CT molecular complexity index is 672. The van der Waals surface area contributed by atoms with Crippen LogP contribution < -0.4 is 14.8 Å². The molecule has 2 aromatic rings. The molecule has 102 valence electrons. The molecule has 0 atom stereocenters. The smallest absolute Gasteiger partial charge is 0.248 e. The highest BCUT2D eigenvalue weighted by Crippen LogP contribution is 2.34. The van der Waals surface area contributed by atoms with Gasteiger partial charge < -0.3 is 19.2 Å². The molecule has 0 saturated carbocycles. The van der Waals surface area contributed by atoms with Gasteiger partial charge in [-0.3, -0.25) is 4.79 Å². The van der Waals surface area contributed by atoms with E-state index in [-0.39, 0.29) is 12.7 Å². The Kier molecular flexibility index (Phi) is 3.16. The summed E-state index contributed by atoms with van der Waals surface area (Å²) in [6, 6.07) is 8.90. The molecule has 2 heterocycles. The minimum absolute atomic E-state index is 0.213. The standard InChI is InChI=1S/C15H13NO4/c1-10-2-4-12(20-10)5-7-15(17)16-11-3-6-13-14(8-11)19-9-18-13/h2-8H,9H2,1H3,(H,16,17)/b7-5-. The second-order valence-electron chi connectivity index (χ2n) is 4.34. The van der Waals surface area contributed by atoms with Gasteiger partial charge in [0.1, 0.15) is 11.5 Å². The molecular formula is C15H13NO4. The number of hydrogen-bond acceptors (Lipinski definition) is 4. The zero-order valence-corrected chi connectivity index (χ0v) is 10.9. The fourth-order valence-corrected chi connectivity index (χ4v) is 1.86. The summed E-state index contributed by atoms with van der Waals surface area (Å²) >= 11 is 0. The molecule has 1 aromatic carbocycles. The van der Waals surface area contributed by atoms with Crippen LogP contribution in [0.25, 0.3) is 6.08 Å². The van der Waals surface area contributed by atoms with Crippen molar-refractivity contribution in [1.29, 1.82) is 0 Å². The molecule has 1 aliphatic heterocycles. The summed E-state index contributed by atoms with van der Waals surface area (Å²) in [4.78, 5) is 11.8. The Morgan fingerprint density at radius 3 is 2.85 bits per heavy atom. The van der Waals surface area contributed by atoms with Gasteiger partial charge in [-0.25, -0.2) is 0 Å². The molecule has 1 aliphatic rings. The first kappa shape index (κ1) is 12.3. The van der Waals surface area contributed by atoms with Crippen molar-refractivity contribution in [3.8, 4) is 11.5 Å². The van der Waals surface area contributed by atoms with Gasteiger partial charge in [0.15, 0.2) is 11.5 Å². The maximum atomic E-state index is 11.8. The third kappa shape index (κ3) is 2.66. The van der Waals surface area contributed by atoms with Gasteiger partial charge in [-0.1, -0.05) is 0 Å². The number of carbonyl (C=O) groups is 1. The fourth-order valence-electron chi connectivity index (χ4n) is 1.86. The van der Waals surface area contributed by atoms with Gasteiger partial charge in [-0.05, 0) is 37.3 Å². The van der Waals surface area contributed by atoms with Crippen molar-refractivity contribution >= 4 is 17.7 Å². The van der Waals surface area contributed by atoms with E-state index in [1.807, 2.05) is 13.0 Å². The summed E-state index contributed by atoms with van der Waals surface area (Å²) in [7, 11) is 0. The largest absolute Gasteiger partial charge is 0.462 e. The van der Waals surface area contributed by atoms with Crippen LogP contribution in [-0.2, 0) is 4.79 Å². The molecule has 0 bridgehead atoms. The minimum Gasteiger partial charge on any atom is -0.462 e. The monoisotopic (exact) mass is 271 g/mol. The third-order valence-corrected chi connectivity index (χ3v) is 2.80. The molecule has 20 heavy (non-hydrogen) atoms. The molecule has 0 radical (unpaired) electrons. The quantitative estimate of drug-likeness (QED) is 0.872. The van der Waals surface area contributed by atoms with Crippen LogP contribution in [0.3, 0.4) is 0 Å². The van der Waals surface area contributed by atoms with Gasteiger partial charge in [-0.2, -0.15) is 0 Å². The first-order valence-corrected chi connectivity index (χ1v) is 6.16. The number of nitrogens with one attached hydrogen (secondary N) is 1. The second-order valence-corrected chi connectivity index (χ2v) is 4.34. The van der Waals surface area contributed by atoms with Gasteiger partial charge in [0, 0.05) is 17.8 Å². The molecule has 1 amide bonds. The summed E-state index contributed by atoms with van der Waals surface area (Å²) < 4.78 is 15.8. The van der Waals surface area contributed by atoms with E-state index in [9.17, 15) is 4.79 Å². The van der Waals surface area contributed by atoms with Gasteiger partial charge in [0.2, 0.25) is 12.7 Å². The van der Waals surface area contributed by atoms with Crippen molar-refractivity contribution in [3.63, 3.8) is 0 Å². The van der Waals surface area contributed by atoms with Crippen LogP contribution in [0.2, 0.25) is 0 Å². The number of amides is 1. The molecule has 0 saturated heterocycles. The van der Waals surface area contributed by atoms with Gasteiger partial charge in [0.05, 0.1) is 0 Å². The normalized spacial score (nSPS) is 12.8. The molecule has 0 fully saturated rings. The van der Waals surface area contributed by atoms with E-state index in [1.165, 1.54) is 6.08 Å². The van der Waals surface area contributed by atoms with E-state index in [2.05, 4.69) is 5.32 Å². The lowest BCUT2D eigenvalue weighted by Gasteiger charge is -2.03. The van der Waals surface area contributed by atoms with Gasteiger partial charge in [0.25, 0.3) is 0 Å². The Labute approximate surface area is 115 Å². The summed E-state index contributed by atoms with van der Waals surface area (Å²) in [6.45, 7) is 2.06. The first-order chi connectivity index (χ1) is 9.70. The number of rotatable bonds is 3. The number of fused-ring (bicyclic) bond motifs is 1. The van der Waals surface area contributed by atoms with Gasteiger partial charge in [-0.15, -0.1) is 0 Å². The number of furan rings is 1. The average molecular weight is 271 g/mol. The highest BCUT2D eigenvalue weighted by Gasteiger charge is 2.13. The predicted molar refractivity (Wildman–Crippen MR) is 73.7 cm³/mol. The molecule has 0 spiro atoms. The zero-order chi connectivity index (χ0) is 13.9. The van der Waals surface area contributed by atoms with Crippen LogP contribution in [0.1, 0.15) is 11.5 Å². The van der Waals surface area contributed by atoms with Crippen LogP contribution in [0, 0.1) is 6.92 Å². The van der Waals surface area contributed by atoms with Crippen LogP contribution >= 0.6 is 0 Å². The van der Waals surface area contributed by atoms with Crippen molar-refractivity contribution in [2.45, 2.75) is 6.92 Å². The van der Waals surface area contributed by atoms with E-state index < -0.39 is 0 Å². The van der Waals surface area contributed by atoms with Crippen LogP contribution in [0.5, 0.6) is 11.5 Å². The Morgan fingerprint density at radius 2 is 2.05 bits per heavy atom. The lowest BCUT2D eigenvalue weighted by Crippen LogP contribution is -2.07. The lowest BCUT2D eigenvalue weighted by molar-refractivity contribution is -0.111. The van der Waals surface area contributed by atoms with Crippen molar-refractivity contribution < 1.29 is 18.7 Å². The van der Waals surface area contributed by atoms with Crippen molar-refractivity contribution in [1.82, 2.24) is 0 Å². The van der Waals surface area contributed by atoms with E-state index in [0.29, 0.717) is 22.9 Å². The van der Waals surface area contributed by atoms with Crippen LogP contribution in [0.4, 0.5) is 5.69 Å². The fraction of sp³-hybridized carbons (Fsp3) is 0.133. The zero-order valence-electron chi connectivity index (χ0n) is 10.9. The number of ether oxygens (including phenoxy) is 2. The lowest BCUT2D eigenvalue weighted by atomic mass is 10.2. The molecule has 1 N–H and O–H groups in total. The molecular weight excluding hydrogens is 258 g/mol. The van der Waals surface area contributed by atoms with Crippen molar-refractivity contribution in [2.24, 2.45) is 0 Å². The number of hydrogen-bond donors (Lipinski definition) is 1. The van der Waals surface area contributed by atoms with Crippen molar-refractivity contribution in [3.05, 3.63) is 47.9 Å². The Hall–Kier alpha value is -2.69. The molecule has 5 heteroatoms. The summed E-state index contributed by atoms with van der Waals surface area (Å²) in [5, 5.41) is 2.75. The minimum atomic E-state index is -0.238. The highest BCUT2D eigenvalue weighted by molar-refractivity contribution is 6.01. The second kappa shape index (κ2) is 5.13. The Morgan fingerprint density at radius 1 is 1.20 bits per heavy atom. The van der Waals surface area contributed by atoms with Gasteiger partial charge >= 0.3 is 0 Å². The number of carbonyl (C=O) groups excluding carboxylic acids is 1. The number of anilines is 1. The average Bonchev–Trinajstić information content (AvgIpc) is 3.04. The number of benzene rings is 1. The van der Waals surface area contributed by atoms with Crippen molar-refractivity contribution in [2.75, 3.05) is 12.1 Å². The Balaban J connectivity index is 1.65. The topological polar surface area (TPSA) is 60.7 Å². The van der Waals surface area contributed by atoms with E-state index in [0.717, 1.165) is 5.76 Å². The van der Waals surface area contributed by atoms with Crippen LogP contribution in [0.15, 0.2) is 40.8 Å². The maximum Gasteiger partial charge on any atom is 0.248 e.